The summed E-state index contributed by atoms with van der Waals surface area (Å²) in [6, 6.07) is 0. The average molecular weight is 143 g/mol. The lowest BCUT2D eigenvalue weighted by Crippen LogP contribution is -2.02. The summed E-state index contributed by atoms with van der Waals surface area (Å²) in [5, 5.41) is 13.8. The first-order valence-electron chi connectivity index (χ1n) is 3.51. The Morgan fingerprint density at radius 2 is 1.70 bits per heavy atom. The fourth-order valence-electron chi connectivity index (χ4n) is 0.750. The number of aliphatic hydroxyl groups excluding tert-OH is 1. The van der Waals surface area contributed by atoms with Crippen molar-refractivity contribution in [2.75, 3.05) is 0 Å². The first-order valence-corrected chi connectivity index (χ1v) is 3.51. The predicted octanol–water partition coefficient (Wildman–Crippen LogP) is 2.67. The summed E-state index contributed by atoms with van der Waals surface area (Å²) in [4.78, 5) is 0. The summed E-state index contributed by atoms with van der Waals surface area (Å²) in [6.45, 7) is 9.05. The van der Waals surface area contributed by atoms with E-state index in [0.29, 0.717) is 5.41 Å². The number of nitrogens with zero attached hydrogens (tertiary/aromatic N) is 1. The lowest BCUT2D eigenvalue weighted by atomic mass is 9.91. The van der Waals surface area contributed by atoms with Gasteiger partial charge in [-0.3, -0.25) is 0 Å². The fourth-order valence-corrected chi connectivity index (χ4v) is 0.750. The summed E-state index contributed by atoms with van der Waals surface area (Å²) in [7, 11) is 0. The molecule has 10 heavy (non-hydrogen) atoms. The third kappa shape index (κ3) is 26.6. The second-order valence-electron chi connectivity index (χ2n) is 3.41. The Bertz CT molecular complexity index is 96.8. The maximum absolute atomic E-state index is 6.88. The number of hydrogen-bond donors (Lipinski definition) is 1. The molecule has 0 fully saturated rings. The van der Waals surface area contributed by atoms with Crippen molar-refractivity contribution in [3.63, 3.8) is 0 Å². The van der Waals surface area contributed by atoms with E-state index in [9.17, 15) is 0 Å². The van der Waals surface area contributed by atoms with E-state index in [1.165, 1.54) is 12.8 Å². The molecule has 0 rings (SSSR count). The Hall–Kier alpha value is -0.710. The van der Waals surface area contributed by atoms with Crippen LogP contribution in [0.15, 0.2) is 0 Å². The van der Waals surface area contributed by atoms with Crippen molar-refractivity contribution >= 4 is 0 Å². The van der Waals surface area contributed by atoms with Crippen molar-refractivity contribution in [3.05, 3.63) is 0 Å². The lowest BCUT2D eigenvalue weighted by Gasteiger charge is -2.15. The van der Waals surface area contributed by atoms with Crippen LogP contribution in [0, 0.1) is 16.9 Å². The second kappa shape index (κ2) is 6.41. The highest BCUT2D eigenvalue weighted by atomic mass is 16.2. The van der Waals surface area contributed by atoms with Crippen LogP contribution >= 0.6 is 0 Å². The van der Waals surface area contributed by atoms with Gasteiger partial charge in [0.05, 0.1) is 0 Å². The molecule has 0 spiro atoms. The van der Waals surface area contributed by atoms with E-state index < -0.39 is 0 Å². The average Bonchev–Trinajstić information content (AvgIpc) is 1.63. The molecule has 2 nitrogen and oxygen atoms in total. The van der Waals surface area contributed by atoms with Gasteiger partial charge in [-0.15, -0.1) is 0 Å². The van der Waals surface area contributed by atoms with Gasteiger partial charge in [0.15, 0.2) is 0 Å². The Morgan fingerprint density at radius 3 is 1.70 bits per heavy atom. The van der Waals surface area contributed by atoms with E-state index in [-0.39, 0.29) is 0 Å². The molecule has 0 aliphatic heterocycles. The molecule has 0 aromatic heterocycles. The number of nitriles is 1. The van der Waals surface area contributed by atoms with Gasteiger partial charge in [-0.25, -0.2) is 0 Å². The molecule has 0 atom stereocenters. The van der Waals surface area contributed by atoms with Crippen LogP contribution in [0.25, 0.3) is 0 Å². The molecule has 0 heterocycles. The first-order chi connectivity index (χ1) is 4.47. The zero-order valence-corrected chi connectivity index (χ0v) is 7.31. The fraction of sp³-hybridized carbons (Fsp3) is 0.875. The highest BCUT2D eigenvalue weighted by Crippen LogP contribution is 2.19. The Kier molecular flexibility index (Phi) is 7.70. The van der Waals surface area contributed by atoms with Crippen LogP contribution in [0.3, 0.4) is 0 Å². The third-order valence-corrected chi connectivity index (χ3v) is 1.000. The Labute approximate surface area is 63.5 Å². The zero-order chi connectivity index (χ0) is 8.62. The van der Waals surface area contributed by atoms with E-state index in [0.717, 1.165) is 6.26 Å². The smallest absolute Gasteiger partial charge is 0.283 e. The number of hydrogen-bond acceptors (Lipinski definition) is 2. The molecule has 0 radical (unpaired) electrons. The van der Waals surface area contributed by atoms with Gasteiger partial charge in [0.25, 0.3) is 6.26 Å². The van der Waals surface area contributed by atoms with Crippen LogP contribution in [0.5, 0.6) is 0 Å². The largest absolute Gasteiger partial charge is 0.443 e. The van der Waals surface area contributed by atoms with Gasteiger partial charge >= 0.3 is 0 Å². The minimum atomic E-state index is 0.550. The van der Waals surface area contributed by atoms with Crippen LogP contribution in [0.1, 0.15) is 40.5 Å². The molecule has 0 saturated heterocycles. The van der Waals surface area contributed by atoms with Gasteiger partial charge in [0, 0.05) is 0 Å². The molecule has 0 amide bonds. The second-order valence-corrected chi connectivity index (χ2v) is 3.41. The van der Waals surface area contributed by atoms with Crippen LogP contribution in [0.4, 0.5) is 0 Å². The monoisotopic (exact) mass is 143 g/mol. The minimum absolute atomic E-state index is 0.550. The molecular formula is C8H17NO. The van der Waals surface area contributed by atoms with Crippen molar-refractivity contribution < 1.29 is 5.11 Å². The summed E-state index contributed by atoms with van der Waals surface area (Å²) >= 11 is 0. The molecule has 0 saturated carbocycles. The van der Waals surface area contributed by atoms with Gasteiger partial charge in [-0.2, -0.15) is 5.26 Å². The maximum atomic E-state index is 6.88. The van der Waals surface area contributed by atoms with E-state index in [1.807, 2.05) is 0 Å². The predicted molar refractivity (Wildman–Crippen MR) is 41.9 cm³/mol. The molecule has 1 N–H and O–H groups in total. The SMILES string of the molecule is CCCC(C)(C)C.N#CO. The molecule has 0 aromatic carbocycles. The molecule has 2 heteroatoms. The zero-order valence-electron chi connectivity index (χ0n) is 7.31. The summed E-state index contributed by atoms with van der Waals surface area (Å²) < 4.78 is 0. The topological polar surface area (TPSA) is 44.0 Å². The Balaban J connectivity index is 0. The van der Waals surface area contributed by atoms with Crippen molar-refractivity contribution in [1.82, 2.24) is 0 Å². The normalized spacial score (nSPS) is 9.10. The molecule has 0 aliphatic rings. The number of rotatable bonds is 1. The molecule has 0 aromatic rings. The van der Waals surface area contributed by atoms with Crippen molar-refractivity contribution in [2.24, 2.45) is 5.41 Å². The van der Waals surface area contributed by atoms with Gasteiger partial charge in [0.1, 0.15) is 0 Å². The van der Waals surface area contributed by atoms with E-state index >= 15 is 0 Å². The van der Waals surface area contributed by atoms with E-state index in [1.54, 1.807) is 0 Å². The van der Waals surface area contributed by atoms with Gasteiger partial charge in [-0.1, -0.05) is 34.1 Å². The maximum Gasteiger partial charge on any atom is 0.283 e. The van der Waals surface area contributed by atoms with Crippen molar-refractivity contribution in [1.29, 1.82) is 5.26 Å². The van der Waals surface area contributed by atoms with Crippen LogP contribution in [0.2, 0.25) is 0 Å². The minimum Gasteiger partial charge on any atom is -0.443 e. The molecule has 0 bridgehead atoms. The first kappa shape index (κ1) is 12.0. The molecule has 60 valence electrons. The quantitative estimate of drug-likeness (QED) is 0.573. The standard InChI is InChI=1S/C7H16.CHNO/c1-5-6-7(2,3)4;2-1-3/h5-6H2,1-4H3;3H. The van der Waals surface area contributed by atoms with Gasteiger partial charge in [-0.05, 0) is 11.8 Å². The molecule has 0 unspecified atom stereocenters. The highest BCUT2D eigenvalue weighted by molar-refractivity contribution is 4.58. The van der Waals surface area contributed by atoms with E-state index in [2.05, 4.69) is 27.7 Å². The van der Waals surface area contributed by atoms with Crippen molar-refractivity contribution in [2.45, 2.75) is 40.5 Å². The van der Waals surface area contributed by atoms with Gasteiger partial charge in [0.2, 0.25) is 0 Å². The highest BCUT2D eigenvalue weighted by Gasteiger charge is 2.06. The Morgan fingerprint density at radius 1 is 1.40 bits per heavy atom. The van der Waals surface area contributed by atoms with Crippen LogP contribution < -0.4 is 0 Å². The lowest BCUT2D eigenvalue weighted by molar-refractivity contribution is 0.373. The number of aliphatic hydroxyl groups is 1. The van der Waals surface area contributed by atoms with E-state index in [4.69, 9.17) is 10.4 Å². The van der Waals surface area contributed by atoms with Gasteiger partial charge < -0.3 is 5.11 Å². The summed E-state index contributed by atoms with van der Waals surface area (Å²) in [5.74, 6) is 0. The summed E-state index contributed by atoms with van der Waals surface area (Å²) in [5.41, 5.74) is 0.550. The third-order valence-electron chi connectivity index (χ3n) is 1.000. The van der Waals surface area contributed by atoms with Crippen LogP contribution in [-0.4, -0.2) is 5.11 Å². The molecule has 0 aliphatic carbocycles. The molecular weight excluding hydrogens is 126 g/mol. The van der Waals surface area contributed by atoms with Crippen molar-refractivity contribution in [3.8, 4) is 6.26 Å². The summed E-state index contributed by atoms with van der Waals surface area (Å²) in [6.07, 6.45) is 3.40. The van der Waals surface area contributed by atoms with Crippen LogP contribution in [-0.2, 0) is 0 Å².